The normalized spacial score (nSPS) is 16.2. The van der Waals surface area contributed by atoms with Gasteiger partial charge in [-0.2, -0.15) is 0 Å². The molecule has 2 N–H and O–H groups in total. The van der Waals surface area contributed by atoms with E-state index in [0.717, 1.165) is 12.0 Å². The highest BCUT2D eigenvalue weighted by Crippen LogP contribution is 2.23. The number of rotatable bonds is 7. The van der Waals surface area contributed by atoms with E-state index >= 15 is 0 Å². The number of nitrogens with one attached hydrogen (secondary N) is 2. The van der Waals surface area contributed by atoms with Gasteiger partial charge in [-0.25, -0.2) is 0 Å². The zero-order chi connectivity index (χ0) is 23.1. The number of likely N-dealkylation sites (tertiary alicyclic amines) is 1. The summed E-state index contributed by atoms with van der Waals surface area (Å²) < 4.78 is 0. The first-order valence-electron chi connectivity index (χ1n) is 11.4. The highest BCUT2D eigenvalue weighted by Gasteiger charge is 2.34. The Labute approximate surface area is 190 Å². The molecular formula is C26H33N3O3. The topological polar surface area (TPSA) is 78.5 Å². The lowest BCUT2D eigenvalue weighted by Gasteiger charge is -2.36. The Kier molecular flexibility index (Phi) is 8.03. The van der Waals surface area contributed by atoms with Gasteiger partial charge in [-0.1, -0.05) is 42.8 Å². The van der Waals surface area contributed by atoms with Gasteiger partial charge in [0.05, 0.1) is 0 Å². The maximum Gasteiger partial charge on any atom is 0.253 e. The lowest BCUT2D eigenvalue weighted by molar-refractivity contribution is -0.125. The highest BCUT2D eigenvalue weighted by atomic mass is 16.2. The predicted molar refractivity (Wildman–Crippen MR) is 125 cm³/mol. The monoisotopic (exact) mass is 435 g/mol. The van der Waals surface area contributed by atoms with Crippen molar-refractivity contribution in [3.63, 3.8) is 0 Å². The van der Waals surface area contributed by atoms with Crippen LogP contribution in [0, 0.1) is 12.8 Å². The van der Waals surface area contributed by atoms with Crippen molar-refractivity contribution in [2.24, 2.45) is 5.92 Å². The zero-order valence-electron chi connectivity index (χ0n) is 19.1. The molecule has 0 unspecified atom stereocenters. The second-order valence-electron chi connectivity index (χ2n) is 8.63. The summed E-state index contributed by atoms with van der Waals surface area (Å²) in [4.78, 5) is 40.5. The molecule has 0 aliphatic carbocycles. The van der Waals surface area contributed by atoms with Crippen LogP contribution in [0.5, 0.6) is 0 Å². The fraction of sp³-hybridized carbons (Fsp3) is 0.423. The van der Waals surface area contributed by atoms with Crippen molar-refractivity contribution >= 4 is 17.7 Å². The molecule has 32 heavy (non-hydrogen) atoms. The second-order valence-corrected chi connectivity index (χ2v) is 8.63. The van der Waals surface area contributed by atoms with Crippen molar-refractivity contribution in [2.75, 3.05) is 13.1 Å². The Hall–Kier alpha value is -3.15. The summed E-state index contributed by atoms with van der Waals surface area (Å²) in [5.74, 6) is -0.439. The average Bonchev–Trinajstić information content (AvgIpc) is 2.82. The smallest absolute Gasteiger partial charge is 0.253 e. The van der Waals surface area contributed by atoms with E-state index in [0.29, 0.717) is 37.1 Å². The van der Waals surface area contributed by atoms with Crippen LogP contribution in [0.15, 0.2) is 54.6 Å². The van der Waals surface area contributed by atoms with Crippen LogP contribution < -0.4 is 10.6 Å². The molecule has 2 atom stereocenters. The molecule has 1 aliphatic heterocycles. The molecule has 170 valence electrons. The second kappa shape index (κ2) is 10.9. The van der Waals surface area contributed by atoms with Gasteiger partial charge in [-0.05, 0) is 63.3 Å². The number of aryl methyl sites for hydroxylation is 1. The Morgan fingerprint density at radius 1 is 0.938 bits per heavy atom. The molecule has 0 aromatic heterocycles. The summed E-state index contributed by atoms with van der Waals surface area (Å²) in [5, 5.41) is 5.99. The van der Waals surface area contributed by atoms with Crippen LogP contribution in [0.25, 0.3) is 0 Å². The molecule has 0 spiro atoms. The molecule has 0 saturated carbocycles. The molecule has 0 radical (unpaired) electrons. The number of carbonyl (C=O) groups is 3. The van der Waals surface area contributed by atoms with Crippen molar-refractivity contribution in [1.29, 1.82) is 0 Å². The van der Waals surface area contributed by atoms with E-state index < -0.39 is 6.04 Å². The van der Waals surface area contributed by atoms with Crippen LogP contribution in [0.3, 0.4) is 0 Å². The van der Waals surface area contributed by atoms with E-state index in [2.05, 4.69) is 10.6 Å². The minimum atomic E-state index is -0.633. The fourth-order valence-corrected chi connectivity index (χ4v) is 3.96. The molecule has 3 rings (SSSR count). The molecule has 6 nitrogen and oxygen atoms in total. The Bertz CT molecular complexity index is 919. The van der Waals surface area contributed by atoms with Gasteiger partial charge in [-0.15, -0.1) is 0 Å². The first kappa shape index (κ1) is 23.5. The standard InChI is InChI=1S/C26H33N3O3/c1-4-19(3)27-25(31)23(28-24(30)21-12-10-18(2)11-13-21)20-14-16-29(17-15-20)26(32)22-8-6-5-7-9-22/h5-13,19-20,23H,4,14-17H2,1-3H3,(H,27,31)(H,28,30)/t19-,23+/m0/s1. The van der Waals surface area contributed by atoms with Gasteiger partial charge in [-0.3, -0.25) is 14.4 Å². The number of amides is 3. The number of carbonyl (C=O) groups excluding carboxylic acids is 3. The summed E-state index contributed by atoms with van der Waals surface area (Å²) in [6, 6.07) is 16.0. The van der Waals surface area contributed by atoms with E-state index in [9.17, 15) is 14.4 Å². The first-order chi connectivity index (χ1) is 15.4. The van der Waals surface area contributed by atoms with Crippen molar-refractivity contribution in [2.45, 2.75) is 52.1 Å². The summed E-state index contributed by atoms with van der Waals surface area (Å²) >= 11 is 0. The maximum absolute atomic E-state index is 13.1. The van der Waals surface area contributed by atoms with Crippen LogP contribution in [0.2, 0.25) is 0 Å². The van der Waals surface area contributed by atoms with Gasteiger partial charge in [0.25, 0.3) is 11.8 Å². The predicted octanol–water partition coefficient (Wildman–Crippen LogP) is 3.56. The van der Waals surface area contributed by atoms with Gasteiger partial charge in [0.2, 0.25) is 5.91 Å². The van der Waals surface area contributed by atoms with Crippen LogP contribution in [0.1, 0.15) is 59.4 Å². The van der Waals surface area contributed by atoms with Crippen molar-refractivity contribution in [3.05, 3.63) is 71.3 Å². The zero-order valence-corrected chi connectivity index (χ0v) is 19.1. The van der Waals surface area contributed by atoms with E-state index in [1.54, 1.807) is 12.1 Å². The summed E-state index contributed by atoms with van der Waals surface area (Å²) in [7, 11) is 0. The van der Waals surface area contributed by atoms with Gasteiger partial charge in [0.1, 0.15) is 6.04 Å². The lowest BCUT2D eigenvalue weighted by atomic mass is 9.88. The van der Waals surface area contributed by atoms with E-state index in [1.807, 2.05) is 68.1 Å². The van der Waals surface area contributed by atoms with Crippen molar-refractivity contribution < 1.29 is 14.4 Å². The average molecular weight is 436 g/mol. The quantitative estimate of drug-likeness (QED) is 0.698. The Morgan fingerprint density at radius 2 is 1.56 bits per heavy atom. The summed E-state index contributed by atoms with van der Waals surface area (Å²) in [5.41, 5.74) is 2.28. The molecule has 1 fully saturated rings. The minimum absolute atomic E-state index is 0.00773. The molecule has 1 aliphatic rings. The minimum Gasteiger partial charge on any atom is -0.352 e. The number of benzene rings is 2. The number of piperidine rings is 1. The molecule has 2 aromatic carbocycles. The molecule has 0 bridgehead atoms. The van der Waals surface area contributed by atoms with Crippen LogP contribution in [0.4, 0.5) is 0 Å². The SMILES string of the molecule is CC[C@H](C)NC(=O)[C@H](NC(=O)c1ccc(C)cc1)C1CCN(C(=O)c2ccccc2)CC1. The molecular weight excluding hydrogens is 402 g/mol. The van der Waals surface area contributed by atoms with E-state index in [-0.39, 0.29) is 29.7 Å². The first-order valence-corrected chi connectivity index (χ1v) is 11.4. The van der Waals surface area contributed by atoms with Crippen LogP contribution in [-0.2, 0) is 4.79 Å². The Balaban J connectivity index is 1.69. The van der Waals surface area contributed by atoms with Crippen molar-refractivity contribution in [1.82, 2.24) is 15.5 Å². The number of hydrogen-bond donors (Lipinski definition) is 2. The lowest BCUT2D eigenvalue weighted by Crippen LogP contribution is -2.55. The maximum atomic E-state index is 13.1. The van der Waals surface area contributed by atoms with Crippen LogP contribution in [-0.4, -0.2) is 47.8 Å². The van der Waals surface area contributed by atoms with Crippen LogP contribution >= 0.6 is 0 Å². The highest BCUT2D eigenvalue weighted by molar-refractivity contribution is 5.98. The number of nitrogens with zero attached hydrogens (tertiary/aromatic N) is 1. The third-order valence-electron chi connectivity index (χ3n) is 6.20. The van der Waals surface area contributed by atoms with Gasteiger partial charge in [0, 0.05) is 30.3 Å². The Morgan fingerprint density at radius 3 is 2.16 bits per heavy atom. The number of hydrogen-bond acceptors (Lipinski definition) is 3. The van der Waals surface area contributed by atoms with E-state index in [1.165, 1.54) is 0 Å². The molecule has 1 saturated heterocycles. The molecule has 1 heterocycles. The van der Waals surface area contributed by atoms with Crippen molar-refractivity contribution in [3.8, 4) is 0 Å². The van der Waals surface area contributed by atoms with Gasteiger partial charge < -0.3 is 15.5 Å². The van der Waals surface area contributed by atoms with Gasteiger partial charge >= 0.3 is 0 Å². The fourth-order valence-electron chi connectivity index (χ4n) is 3.96. The summed E-state index contributed by atoms with van der Waals surface area (Å²) in [6.45, 7) is 7.06. The third-order valence-corrected chi connectivity index (χ3v) is 6.20. The van der Waals surface area contributed by atoms with E-state index in [4.69, 9.17) is 0 Å². The molecule has 6 heteroatoms. The summed E-state index contributed by atoms with van der Waals surface area (Å²) in [6.07, 6.45) is 2.13. The molecule has 3 amide bonds. The largest absolute Gasteiger partial charge is 0.352 e. The third kappa shape index (κ3) is 5.96. The molecule has 2 aromatic rings. The van der Waals surface area contributed by atoms with Gasteiger partial charge in [0.15, 0.2) is 0 Å².